The second kappa shape index (κ2) is 7.04. The topological polar surface area (TPSA) is 67.6 Å². The Morgan fingerprint density at radius 1 is 1.28 bits per heavy atom. The molecule has 0 radical (unpaired) electrons. The molecule has 0 saturated carbocycles. The molecule has 1 aromatic heterocycles. The lowest BCUT2D eigenvalue weighted by Crippen LogP contribution is -2.46. The molecule has 2 atom stereocenters. The Kier molecular flexibility index (Phi) is 4.61. The van der Waals surface area contributed by atoms with Crippen LogP contribution < -0.4 is 10.2 Å². The van der Waals surface area contributed by atoms with Gasteiger partial charge in [0.2, 0.25) is 5.91 Å². The number of fused-ring (bicyclic) bond motifs is 1. The van der Waals surface area contributed by atoms with Crippen LogP contribution in [0, 0.1) is 5.92 Å². The van der Waals surface area contributed by atoms with Crippen molar-refractivity contribution < 1.29 is 13.9 Å². The van der Waals surface area contributed by atoms with Crippen LogP contribution >= 0.6 is 0 Å². The summed E-state index contributed by atoms with van der Waals surface area (Å²) in [5.41, 5.74) is 1.69. The van der Waals surface area contributed by atoms with E-state index in [1.165, 1.54) is 0 Å². The van der Waals surface area contributed by atoms with Crippen LogP contribution in [0.2, 0.25) is 0 Å². The van der Waals surface area contributed by atoms with Crippen LogP contribution in [0.4, 0.5) is 6.01 Å². The molecule has 6 nitrogen and oxygen atoms in total. The fraction of sp³-hybridized carbons (Fsp3) is 0.579. The number of nitrogens with zero attached hydrogens (tertiary/aromatic N) is 2. The summed E-state index contributed by atoms with van der Waals surface area (Å²) < 4.78 is 11.5. The summed E-state index contributed by atoms with van der Waals surface area (Å²) in [6, 6.07) is 8.54. The number of piperidine rings is 1. The van der Waals surface area contributed by atoms with Crippen molar-refractivity contribution in [3.8, 4) is 0 Å². The summed E-state index contributed by atoms with van der Waals surface area (Å²) in [6.07, 6.45) is 3.94. The number of aromatic nitrogens is 1. The van der Waals surface area contributed by atoms with E-state index in [-0.39, 0.29) is 24.0 Å². The Morgan fingerprint density at radius 2 is 2.08 bits per heavy atom. The summed E-state index contributed by atoms with van der Waals surface area (Å²) in [7, 11) is 0. The molecule has 2 saturated heterocycles. The monoisotopic (exact) mass is 343 g/mol. The van der Waals surface area contributed by atoms with Crippen molar-refractivity contribution in [3.63, 3.8) is 0 Å². The predicted octanol–water partition coefficient (Wildman–Crippen LogP) is 2.73. The van der Waals surface area contributed by atoms with E-state index >= 15 is 0 Å². The summed E-state index contributed by atoms with van der Waals surface area (Å²) in [5.74, 6) is 0.213. The molecular formula is C19H25N3O3. The van der Waals surface area contributed by atoms with Crippen LogP contribution in [0.5, 0.6) is 0 Å². The predicted molar refractivity (Wildman–Crippen MR) is 95.5 cm³/mol. The molecular weight excluding hydrogens is 318 g/mol. The van der Waals surface area contributed by atoms with Crippen molar-refractivity contribution in [3.05, 3.63) is 24.3 Å². The molecule has 4 rings (SSSR count). The Morgan fingerprint density at radius 3 is 2.80 bits per heavy atom. The minimum atomic E-state index is 0.0597. The number of ether oxygens (including phenoxy) is 1. The normalized spacial score (nSPS) is 23.1. The number of hydrogen-bond donors (Lipinski definition) is 1. The minimum Gasteiger partial charge on any atom is -0.423 e. The second-order valence-electron chi connectivity index (χ2n) is 7.07. The van der Waals surface area contributed by atoms with E-state index < -0.39 is 0 Å². The smallest absolute Gasteiger partial charge is 0.298 e. The van der Waals surface area contributed by atoms with E-state index in [2.05, 4.69) is 15.2 Å². The summed E-state index contributed by atoms with van der Waals surface area (Å²) >= 11 is 0. The lowest BCUT2D eigenvalue weighted by molar-refractivity contribution is -0.127. The van der Waals surface area contributed by atoms with Crippen molar-refractivity contribution in [2.75, 3.05) is 24.6 Å². The van der Waals surface area contributed by atoms with Crippen molar-refractivity contribution in [2.45, 2.75) is 44.8 Å². The third-order valence-corrected chi connectivity index (χ3v) is 5.31. The molecule has 1 amide bonds. The highest BCUT2D eigenvalue weighted by atomic mass is 16.5. The second-order valence-corrected chi connectivity index (χ2v) is 7.07. The fourth-order valence-electron chi connectivity index (χ4n) is 3.76. The molecule has 1 aromatic carbocycles. The zero-order valence-corrected chi connectivity index (χ0v) is 14.6. The van der Waals surface area contributed by atoms with Crippen LogP contribution in [0.3, 0.4) is 0 Å². The average Bonchev–Trinajstić information content (AvgIpc) is 3.31. The molecule has 0 unspecified atom stereocenters. The van der Waals surface area contributed by atoms with Crippen LogP contribution in [0.15, 0.2) is 28.7 Å². The Labute approximate surface area is 147 Å². The minimum absolute atomic E-state index is 0.0597. The lowest BCUT2D eigenvalue weighted by atomic mass is 9.95. The van der Waals surface area contributed by atoms with Gasteiger partial charge in [-0.15, -0.1) is 0 Å². The van der Waals surface area contributed by atoms with Crippen molar-refractivity contribution in [1.29, 1.82) is 0 Å². The molecule has 25 heavy (non-hydrogen) atoms. The highest BCUT2D eigenvalue weighted by Crippen LogP contribution is 2.26. The SMILES string of the molecule is C[C@@H](NC(=O)C1CCN(c2nc3ccccc3o2)CC1)[C@@H]1CCCO1. The summed E-state index contributed by atoms with van der Waals surface area (Å²) in [4.78, 5) is 19.2. The van der Waals surface area contributed by atoms with Gasteiger partial charge in [0.05, 0.1) is 12.1 Å². The van der Waals surface area contributed by atoms with Gasteiger partial charge in [-0.1, -0.05) is 12.1 Å². The maximum absolute atomic E-state index is 12.5. The first-order valence-electron chi connectivity index (χ1n) is 9.23. The van der Waals surface area contributed by atoms with E-state index in [0.29, 0.717) is 6.01 Å². The Bertz CT molecular complexity index is 697. The van der Waals surface area contributed by atoms with Gasteiger partial charge in [0.1, 0.15) is 5.52 Å². The van der Waals surface area contributed by atoms with Gasteiger partial charge in [0.25, 0.3) is 6.01 Å². The molecule has 2 aliphatic rings. The number of carbonyl (C=O) groups is 1. The Balaban J connectivity index is 1.32. The maximum atomic E-state index is 12.5. The van der Waals surface area contributed by atoms with Crippen LogP contribution in [0.1, 0.15) is 32.6 Å². The van der Waals surface area contributed by atoms with Crippen LogP contribution in [0.25, 0.3) is 11.1 Å². The largest absolute Gasteiger partial charge is 0.423 e. The van der Waals surface area contributed by atoms with Crippen LogP contribution in [-0.4, -0.2) is 42.7 Å². The van der Waals surface area contributed by atoms with Crippen LogP contribution in [-0.2, 0) is 9.53 Å². The first-order chi connectivity index (χ1) is 12.2. The maximum Gasteiger partial charge on any atom is 0.298 e. The number of hydrogen-bond acceptors (Lipinski definition) is 5. The molecule has 6 heteroatoms. The molecule has 3 heterocycles. The van der Waals surface area contributed by atoms with E-state index in [9.17, 15) is 4.79 Å². The third kappa shape index (κ3) is 3.49. The lowest BCUT2D eigenvalue weighted by Gasteiger charge is -2.31. The molecule has 134 valence electrons. The zero-order chi connectivity index (χ0) is 17.2. The average molecular weight is 343 g/mol. The van der Waals surface area contributed by atoms with Gasteiger partial charge >= 0.3 is 0 Å². The highest BCUT2D eigenvalue weighted by molar-refractivity contribution is 5.79. The molecule has 2 fully saturated rings. The van der Waals surface area contributed by atoms with Gasteiger partial charge in [-0.2, -0.15) is 4.98 Å². The molecule has 2 aliphatic heterocycles. The molecule has 0 aliphatic carbocycles. The van der Waals surface area contributed by atoms with Gasteiger partial charge in [0.15, 0.2) is 5.58 Å². The first-order valence-corrected chi connectivity index (χ1v) is 9.23. The molecule has 1 N–H and O–H groups in total. The number of oxazole rings is 1. The summed E-state index contributed by atoms with van der Waals surface area (Å²) in [5, 5.41) is 3.15. The number of anilines is 1. The van der Waals surface area contributed by atoms with Gasteiger partial charge in [-0.3, -0.25) is 4.79 Å². The number of amides is 1. The van der Waals surface area contributed by atoms with Gasteiger partial charge < -0.3 is 19.4 Å². The highest BCUT2D eigenvalue weighted by Gasteiger charge is 2.30. The number of carbonyl (C=O) groups excluding carboxylic acids is 1. The third-order valence-electron chi connectivity index (χ3n) is 5.31. The van der Waals surface area contributed by atoms with E-state index in [1.807, 2.05) is 31.2 Å². The van der Waals surface area contributed by atoms with E-state index in [0.717, 1.165) is 56.5 Å². The quantitative estimate of drug-likeness (QED) is 0.924. The number of benzene rings is 1. The zero-order valence-electron chi connectivity index (χ0n) is 14.6. The van der Waals surface area contributed by atoms with Gasteiger partial charge in [0, 0.05) is 25.6 Å². The van der Waals surface area contributed by atoms with Crippen molar-refractivity contribution >= 4 is 23.0 Å². The molecule has 2 aromatic rings. The fourth-order valence-corrected chi connectivity index (χ4v) is 3.76. The summed E-state index contributed by atoms with van der Waals surface area (Å²) in [6.45, 7) is 4.44. The Hall–Kier alpha value is -2.08. The van der Waals surface area contributed by atoms with Crippen molar-refractivity contribution in [1.82, 2.24) is 10.3 Å². The standard InChI is InChI=1S/C19H25N3O3/c1-13(16-7-4-12-24-16)20-18(23)14-8-10-22(11-9-14)19-21-15-5-2-3-6-17(15)25-19/h2-3,5-6,13-14,16H,4,7-12H2,1H3,(H,20,23)/t13-,16+/m1/s1. The first kappa shape index (κ1) is 16.4. The van der Waals surface area contributed by atoms with E-state index in [1.54, 1.807) is 0 Å². The van der Waals surface area contributed by atoms with Gasteiger partial charge in [-0.25, -0.2) is 0 Å². The van der Waals surface area contributed by atoms with E-state index in [4.69, 9.17) is 9.15 Å². The molecule has 0 spiro atoms. The number of rotatable bonds is 4. The number of nitrogens with one attached hydrogen (secondary N) is 1. The number of para-hydroxylation sites is 2. The molecule has 0 bridgehead atoms. The van der Waals surface area contributed by atoms with Gasteiger partial charge in [-0.05, 0) is 44.7 Å². The van der Waals surface area contributed by atoms with Crippen molar-refractivity contribution in [2.24, 2.45) is 5.92 Å².